The van der Waals surface area contributed by atoms with Crippen LogP contribution in [-0.4, -0.2) is 47.1 Å². The molecular weight excluding hydrogens is 402 g/mol. The second-order valence-electron chi connectivity index (χ2n) is 8.13. The Morgan fingerprint density at radius 1 is 1.13 bits per heavy atom. The van der Waals surface area contributed by atoms with Gasteiger partial charge in [-0.25, -0.2) is 4.79 Å². The molecule has 0 atom stereocenters. The average Bonchev–Trinajstić information content (AvgIpc) is 2.71. The Kier molecular flexibility index (Phi) is 6.43. The van der Waals surface area contributed by atoms with Crippen molar-refractivity contribution in [1.82, 2.24) is 4.90 Å². The number of rotatable bonds is 5. The van der Waals surface area contributed by atoms with Gasteiger partial charge in [0.15, 0.2) is 5.75 Å². The maximum absolute atomic E-state index is 12.7. The van der Waals surface area contributed by atoms with Gasteiger partial charge < -0.3 is 14.4 Å². The van der Waals surface area contributed by atoms with Crippen LogP contribution in [0.5, 0.6) is 5.75 Å². The fourth-order valence-corrected chi connectivity index (χ4v) is 3.10. The first-order valence-electron chi connectivity index (χ1n) is 9.87. The number of nitro benzene ring substituents is 1. The molecule has 164 valence electrons. The van der Waals surface area contributed by atoms with Crippen molar-refractivity contribution < 1.29 is 24.0 Å². The van der Waals surface area contributed by atoms with Gasteiger partial charge in [-0.05, 0) is 32.4 Å². The first-order valence-corrected chi connectivity index (χ1v) is 9.87. The molecule has 1 aliphatic heterocycles. The minimum atomic E-state index is -0.652. The first-order chi connectivity index (χ1) is 14.6. The molecule has 9 heteroatoms. The van der Waals surface area contributed by atoms with E-state index in [0.29, 0.717) is 5.69 Å². The molecule has 0 unspecified atom stereocenters. The van der Waals surface area contributed by atoms with Gasteiger partial charge in [0.2, 0.25) is 5.91 Å². The molecule has 3 rings (SSSR count). The van der Waals surface area contributed by atoms with Crippen molar-refractivity contribution in [2.24, 2.45) is 0 Å². The zero-order chi connectivity index (χ0) is 22.6. The van der Waals surface area contributed by atoms with Crippen molar-refractivity contribution >= 4 is 23.4 Å². The topological polar surface area (TPSA) is 102 Å². The lowest BCUT2D eigenvalue weighted by Gasteiger charge is -2.35. The van der Waals surface area contributed by atoms with Crippen molar-refractivity contribution in [3.8, 4) is 5.75 Å². The number of piperazine rings is 1. The van der Waals surface area contributed by atoms with Crippen LogP contribution in [0.3, 0.4) is 0 Å². The fraction of sp³-hybridized carbons (Fsp3) is 0.364. The maximum Gasteiger partial charge on any atom is 0.410 e. The van der Waals surface area contributed by atoms with Gasteiger partial charge >= 0.3 is 11.8 Å². The molecule has 2 aromatic carbocycles. The number of nitro groups is 1. The maximum atomic E-state index is 12.7. The van der Waals surface area contributed by atoms with Gasteiger partial charge in [-0.2, -0.15) is 0 Å². The summed E-state index contributed by atoms with van der Waals surface area (Å²) in [6.45, 7) is 5.84. The Labute approximate surface area is 180 Å². The second-order valence-corrected chi connectivity index (χ2v) is 8.13. The number of carbonyl (C=O) groups excluding carboxylic acids is 2. The summed E-state index contributed by atoms with van der Waals surface area (Å²) < 4.78 is 11.0. The molecule has 2 aromatic rings. The molecule has 1 aliphatic rings. The molecule has 0 saturated carbocycles. The lowest BCUT2D eigenvalue weighted by atomic mass is 10.2. The molecule has 0 bridgehead atoms. The van der Waals surface area contributed by atoms with Gasteiger partial charge in [0.25, 0.3) is 0 Å². The monoisotopic (exact) mass is 427 g/mol. The minimum Gasteiger partial charge on any atom is -0.482 e. The summed E-state index contributed by atoms with van der Waals surface area (Å²) in [6.07, 6.45) is -0.545. The van der Waals surface area contributed by atoms with E-state index in [1.54, 1.807) is 20.8 Å². The third-order valence-electron chi connectivity index (χ3n) is 4.56. The molecule has 1 saturated heterocycles. The van der Waals surface area contributed by atoms with E-state index in [1.165, 1.54) is 28.0 Å². The Morgan fingerprint density at radius 2 is 1.84 bits per heavy atom. The number of nitrogens with zero attached hydrogens (tertiary/aromatic N) is 3. The van der Waals surface area contributed by atoms with Gasteiger partial charge in [0.05, 0.1) is 4.92 Å². The van der Waals surface area contributed by atoms with Gasteiger partial charge in [-0.15, -0.1) is 0 Å². The van der Waals surface area contributed by atoms with Crippen LogP contribution in [0.2, 0.25) is 0 Å². The van der Waals surface area contributed by atoms with E-state index in [4.69, 9.17) is 9.47 Å². The Hall–Kier alpha value is -3.62. The first kappa shape index (κ1) is 22.1. The molecule has 0 spiro atoms. The third kappa shape index (κ3) is 5.71. The quantitative estimate of drug-likeness (QED) is 0.532. The Bertz CT molecular complexity index is 971. The van der Waals surface area contributed by atoms with Crippen LogP contribution in [0, 0.1) is 10.1 Å². The highest BCUT2D eigenvalue weighted by Crippen LogP contribution is 2.33. The Balaban J connectivity index is 1.74. The van der Waals surface area contributed by atoms with Crippen molar-refractivity contribution in [2.45, 2.75) is 33.0 Å². The number of amides is 2. The van der Waals surface area contributed by atoms with E-state index in [0.717, 1.165) is 5.56 Å². The van der Waals surface area contributed by atoms with Gasteiger partial charge in [-0.3, -0.25) is 19.8 Å². The average molecular weight is 427 g/mol. The largest absolute Gasteiger partial charge is 0.482 e. The summed E-state index contributed by atoms with van der Waals surface area (Å²) in [5.41, 5.74) is 0.506. The molecule has 1 heterocycles. The predicted molar refractivity (Wildman–Crippen MR) is 114 cm³/mol. The third-order valence-corrected chi connectivity index (χ3v) is 4.56. The zero-order valence-electron chi connectivity index (χ0n) is 17.7. The highest BCUT2D eigenvalue weighted by Gasteiger charge is 2.31. The van der Waals surface area contributed by atoms with Crippen molar-refractivity contribution in [3.63, 3.8) is 0 Å². The van der Waals surface area contributed by atoms with Crippen molar-refractivity contribution in [2.75, 3.05) is 24.5 Å². The number of carbonyl (C=O) groups is 2. The van der Waals surface area contributed by atoms with E-state index in [2.05, 4.69) is 0 Å². The lowest BCUT2D eigenvalue weighted by molar-refractivity contribution is -0.385. The highest BCUT2D eigenvalue weighted by molar-refractivity contribution is 5.97. The SMILES string of the molecule is CC(C)(C)OC(=O)N1CCN(c2ccc([N+](=O)[O-])c(OCc3ccccc3)c2)C(=O)C1. The second kappa shape index (κ2) is 9.03. The Morgan fingerprint density at radius 3 is 2.45 bits per heavy atom. The van der Waals surface area contributed by atoms with Gasteiger partial charge in [0, 0.05) is 30.9 Å². The predicted octanol–water partition coefficient (Wildman–Crippen LogP) is 3.76. The molecule has 0 N–H and O–H groups in total. The summed E-state index contributed by atoms with van der Waals surface area (Å²) in [5.74, 6) is -0.228. The molecule has 31 heavy (non-hydrogen) atoms. The standard InChI is InChI=1S/C22H25N3O6/c1-22(2,3)31-21(27)23-11-12-24(20(26)14-23)17-9-10-18(25(28)29)19(13-17)30-15-16-7-5-4-6-8-16/h4-10,13H,11-12,14-15H2,1-3H3. The number of anilines is 1. The van der Waals surface area contributed by atoms with E-state index in [1.807, 2.05) is 30.3 Å². The summed E-state index contributed by atoms with van der Waals surface area (Å²) in [5, 5.41) is 11.4. The zero-order valence-corrected chi connectivity index (χ0v) is 17.7. The molecule has 0 radical (unpaired) electrons. The highest BCUT2D eigenvalue weighted by atomic mass is 16.6. The van der Waals surface area contributed by atoms with Gasteiger partial charge in [0.1, 0.15) is 18.8 Å². The molecule has 0 aliphatic carbocycles. The van der Waals surface area contributed by atoms with Crippen molar-refractivity contribution in [3.05, 3.63) is 64.2 Å². The lowest BCUT2D eigenvalue weighted by Crippen LogP contribution is -2.53. The molecule has 9 nitrogen and oxygen atoms in total. The molecular formula is C22H25N3O6. The summed E-state index contributed by atoms with van der Waals surface area (Å²) in [4.78, 5) is 38.6. The number of hydrogen-bond donors (Lipinski definition) is 0. The van der Waals surface area contributed by atoms with Crippen LogP contribution in [-0.2, 0) is 16.1 Å². The van der Waals surface area contributed by atoms with Crippen molar-refractivity contribution in [1.29, 1.82) is 0 Å². The van der Waals surface area contributed by atoms with Crippen LogP contribution >= 0.6 is 0 Å². The van der Waals surface area contributed by atoms with E-state index < -0.39 is 16.6 Å². The van der Waals surface area contributed by atoms with Crippen LogP contribution < -0.4 is 9.64 Å². The van der Waals surface area contributed by atoms with Crippen LogP contribution in [0.4, 0.5) is 16.2 Å². The number of hydrogen-bond acceptors (Lipinski definition) is 6. The summed E-state index contributed by atoms with van der Waals surface area (Å²) in [6, 6.07) is 13.6. The van der Waals surface area contributed by atoms with Crippen LogP contribution in [0.25, 0.3) is 0 Å². The van der Waals surface area contributed by atoms with E-state index in [9.17, 15) is 19.7 Å². The minimum absolute atomic E-state index is 0.0775. The molecule has 1 fully saturated rings. The number of benzene rings is 2. The van der Waals surface area contributed by atoms with Crippen LogP contribution in [0.1, 0.15) is 26.3 Å². The smallest absolute Gasteiger partial charge is 0.410 e. The van der Waals surface area contributed by atoms with Gasteiger partial charge in [-0.1, -0.05) is 30.3 Å². The number of ether oxygens (including phenoxy) is 2. The molecule has 2 amide bonds. The summed E-state index contributed by atoms with van der Waals surface area (Å²) >= 11 is 0. The van der Waals surface area contributed by atoms with E-state index in [-0.39, 0.29) is 43.6 Å². The van der Waals surface area contributed by atoms with E-state index >= 15 is 0 Å². The normalized spacial score (nSPS) is 14.4. The van der Waals surface area contributed by atoms with Crippen LogP contribution in [0.15, 0.2) is 48.5 Å². The molecule has 0 aromatic heterocycles. The fourth-order valence-electron chi connectivity index (χ4n) is 3.10. The summed E-state index contributed by atoms with van der Waals surface area (Å²) in [7, 11) is 0.